The monoisotopic (exact) mass is 317 g/mol. The van der Waals surface area contributed by atoms with Gasteiger partial charge in [0.05, 0.1) is 14.2 Å². The molecular weight excluding hydrogens is 298 g/mol. The van der Waals surface area contributed by atoms with Crippen LogP contribution in [-0.4, -0.2) is 25.9 Å². The lowest BCUT2D eigenvalue weighted by molar-refractivity contribution is -0.00326. The van der Waals surface area contributed by atoms with E-state index in [1.54, 1.807) is 26.4 Å². The summed E-state index contributed by atoms with van der Waals surface area (Å²) in [5, 5.41) is 10.7. The van der Waals surface area contributed by atoms with Crippen LogP contribution >= 0.6 is 15.9 Å². The molecule has 0 aliphatic carbocycles. The molecule has 0 saturated heterocycles. The Kier molecular flexibility index (Phi) is 5.01. The molecule has 5 heteroatoms. The first-order chi connectivity index (χ1) is 8.42. The van der Waals surface area contributed by atoms with Crippen LogP contribution in [0.4, 0.5) is 0 Å². The van der Waals surface area contributed by atoms with Crippen LogP contribution in [0.5, 0.6) is 11.5 Å². The molecule has 0 aliphatic heterocycles. The molecule has 1 rings (SSSR count). The molecule has 0 heterocycles. The van der Waals surface area contributed by atoms with Gasteiger partial charge in [-0.1, -0.05) is 13.8 Å². The van der Waals surface area contributed by atoms with Crippen LogP contribution in [0.15, 0.2) is 16.6 Å². The number of nitrogens with two attached hydrogens (primary N) is 1. The van der Waals surface area contributed by atoms with E-state index in [1.165, 1.54) is 0 Å². The molecule has 4 nitrogen and oxygen atoms in total. The van der Waals surface area contributed by atoms with Crippen molar-refractivity contribution in [3.05, 3.63) is 22.2 Å². The van der Waals surface area contributed by atoms with Crippen LogP contribution in [-0.2, 0) is 5.60 Å². The van der Waals surface area contributed by atoms with Crippen molar-refractivity contribution in [3.8, 4) is 11.5 Å². The predicted octanol–water partition coefficient (Wildman–Crippen LogP) is 2.27. The summed E-state index contributed by atoms with van der Waals surface area (Å²) in [7, 11) is 3.14. The number of ether oxygens (including phenoxy) is 2. The second-order valence-corrected chi connectivity index (χ2v) is 5.24. The minimum Gasteiger partial charge on any atom is -0.495 e. The van der Waals surface area contributed by atoms with Gasteiger partial charge >= 0.3 is 0 Å². The van der Waals surface area contributed by atoms with Crippen LogP contribution < -0.4 is 15.2 Å². The Labute approximate surface area is 116 Å². The van der Waals surface area contributed by atoms with Crippen LogP contribution in [0, 0.1) is 5.92 Å². The Hall–Kier alpha value is -0.780. The molecule has 18 heavy (non-hydrogen) atoms. The van der Waals surface area contributed by atoms with Gasteiger partial charge in [0, 0.05) is 12.1 Å². The molecule has 1 aromatic rings. The van der Waals surface area contributed by atoms with Crippen molar-refractivity contribution >= 4 is 15.9 Å². The van der Waals surface area contributed by atoms with Gasteiger partial charge in [0.2, 0.25) is 0 Å². The maximum absolute atomic E-state index is 10.7. The van der Waals surface area contributed by atoms with Crippen LogP contribution in [0.3, 0.4) is 0 Å². The first-order valence-electron chi connectivity index (χ1n) is 5.75. The molecule has 0 fully saturated rings. The van der Waals surface area contributed by atoms with Crippen molar-refractivity contribution in [2.75, 3.05) is 20.8 Å². The normalized spacial score (nSPS) is 14.4. The fourth-order valence-corrected chi connectivity index (χ4v) is 2.56. The van der Waals surface area contributed by atoms with Crippen LogP contribution in [0.25, 0.3) is 0 Å². The number of hydrogen-bond acceptors (Lipinski definition) is 4. The molecular formula is C13H20BrNO3. The zero-order valence-electron chi connectivity index (χ0n) is 11.2. The minimum absolute atomic E-state index is 0.0308. The number of aliphatic hydroxyl groups is 1. The Morgan fingerprint density at radius 2 is 1.94 bits per heavy atom. The predicted molar refractivity (Wildman–Crippen MR) is 75.0 cm³/mol. The zero-order chi connectivity index (χ0) is 13.9. The van der Waals surface area contributed by atoms with Gasteiger partial charge in [-0.05, 0) is 34.0 Å². The molecule has 102 valence electrons. The smallest absolute Gasteiger partial charge is 0.142 e. The summed E-state index contributed by atoms with van der Waals surface area (Å²) in [5.41, 5.74) is 5.27. The topological polar surface area (TPSA) is 64.7 Å². The van der Waals surface area contributed by atoms with Gasteiger partial charge in [-0.25, -0.2) is 0 Å². The number of benzene rings is 1. The standard InChI is InChI=1S/C13H20BrNO3/c1-8(2)13(16,7-15)9-5-6-10(17-3)11(14)12(9)18-4/h5-6,8,16H,7,15H2,1-4H3. The molecule has 0 bridgehead atoms. The molecule has 3 N–H and O–H groups in total. The Balaban J connectivity index is 3.45. The molecule has 1 aromatic carbocycles. The lowest BCUT2D eigenvalue weighted by Crippen LogP contribution is -2.40. The van der Waals surface area contributed by atoms with Gasteiger partial charge in [-0.15, -0.1) is 0 Å². The maximum atomic E-state index is 10.7. The summed E-state index contributed by atoms with van der Waals surface area (Å²) in [6.45, 7) is 3.97. The first kappa shape index (κ1) is 15.3. The second-order valence-electron chi connectivity index (χ2n) is 4.45. The highest BCUT2D eigenvalue weighted by molar-refractivity contribution is 9.10. The average Bonchev–Trinajstić information content (AvgIpc) is 2.37. The summed E-state index contributed by atoms with van der Waals surface area (Å²) in [5.74, 6) is 1.17. The number of hydrogen-bond donors (Lipinski definition) is 2. The van der Waals surface area contributed by atoms with E-state index in [-0.39, 0.29) is 12.5 Å². The van der Waals surface area contributed by atoms with E-state index in [0.29, 0.717) is 21.5 Å². The van der Waals surface area contributed by atoms with Crippen molar-refractivity contribution in [1.82, 2.24) is 0 Å². The van der Waals surface area contributed by atoms with Gasteiger partial charge < -0.3 is 20.3 Å². The Morgan fingerprint density at radius 3 is 2.33 bits per heavy atom. The number of rotatable bonds is 5. The van der Waals surface area contributed by atoms with E-state index in [9.17, 15) is 5.11 Å². The molecule has 0 radical (unpaired) electrons. The van der Waals surface area contributed by atoms with Gasteiger partial charge in [-0.2, -0.15) is 0 Å². The Bertz CT molecular complexity index is 423. The van der Waals surface area contributed by atoms with Crippen molar-refractivity contribution in [3.63, 3.8) is 0 Å². The molecule has 0 aliphatic rings. The van der Waals surface area contributed by atoms with Crippen molar-refractivity contribution in [2.24, 2.45) is 11.7 Å². The van der Waals surface area contributed by atoms with Gasteiger partial charge in [0.1, 0.15) is 21.6 Å². The summed E-state index contributed by atoms with van der Waals surface area (Å²) in [4.78, 5) is 0. The van der Waals surface area contributed by atoms with Crippen molar-refractivity contribution < 1.29 is 14.6 Å². The molecule has 0 amide bonds. The average molecular weight is 318 g/mol. The highest BCUT2D eigenvalue weighted by Crippen LogP contribution is 2.43. The molecule has 0 aromatic heterocycles. The van der Waals surface area contributed by atoms with E-state index in [0.717, 1.165) is 0 Å². The van der Waals surface area contributed by atoms with Crippen LogP contribution in [0.1, 0.15) is 19.4 Å². The summed E-state index contributed by atoms with van der Waals surface area (Å²) >= 11 is 3.42. The third-order valence-corrected chi connectivity index (χ3v) is 3.97. The summed E-state index contributed by atoms with van der Waals surface area (Å²) in [6.07, 6.45) is 0. The zero-order valence-corrected chi connectivity index (χ0v) is 12.7. The maximum Gasteiger partial charge on any atom is 0.142 e. The quantitative estimate of drug-likeness (QED) is 0.874. The first-order valence-corrected chi connectivity index (χ1v) is 6.55. The Morgan fingerprint density at radius 1 is 1.33 bits per heavy atom. The SMILES string of the molecule is COc1ccc(C(O)(CN)C(C)C)c(OC)c1Br. The lowest BCUT2D eigenvalue weighted by Gasteiger charge is -2.33. The van der Waals surface area contributed by atoms with Crippen molar-refractivity contribution in [2.45, 2.75) is 19.4 Å². The van der Waals surface area contributed by atoms with E-state index in [2.05, 4.69) is 15.9 Å². The van der Waals surface area contributed by atoms with E-state index >= 15 is 0 Å². The highest BCUT2D eigenvalue weighted by Gasteiger charge is 2.35. The number of halogens is 1. The van der Waals surface area contributed by atoms with Gasteiger partial charge in [-0.3, -0.25) is 0 Å². The fourth-order valence-electron chi connectivity index (χ4n) is 1.89. The summed E-state index contributed by atoms with van der Waals surface area (Å²) in [6, 6.07) is 3.57. The third-order valence-electron chi connectivity index (χ3n) is 3.22. The molecule has 0 spiro atoms. The van der Waals surface area contributed by atoms with Gasteiger partial charge in [0.15, 0.2) is 0 Å². The second kappa shape index (κ2) is 5.91. The molecule has 1 atom stereocenters. The fraction of sp³-hybridized carbons (Fsp3) is 0.538. The van der Waals surface area contributed by atoms with E-state index in [4.69, 9.17) is 15.2 Å². The third kappa shape index (κ3) is 2.48. The van der Waals surface area contributed by atoms with E-state index in [1.807, 2.05) is 13.8 Å². The van der Waals surface area contributed by atoms with Gasteiger partial charge in [0.25, 0.3) is 0 Å². The number of methoxy groups -OCH3 is 2. The summed E-state index contributed by atoms with van der Waals surface area (Å²) < 4.78 is 11.3. The molecule has 1 unspecified atom stereocenters. The van der Waals surface area contributed by atoms with Crippen LogP contribution in [0.2, 0.25) is 0 Å². The van der Waals surface area contributed by atoms with E-state index < -0.39 is 5.60 Å². The minimum atomic E-state index is -1.12. The highest BCUT2D eigenvalue weighted by atomic mass is 79.9. The van der Waals surface area contributed by atoms with Crippen molar-refractivity contribution in [1.29, 1.82) is 0 Å². The molecule has 0 saturated carbocycles. The largest absolute Gasteiger partial charge is 0.495 e. The lowest BCUT2D eigenvalue weighted by atomic mass is 9.83.